The number of benzene rings is 1. The average molecular weight is 383 g/mol. The highest BCUT2D eigenvalue weighted by atomic mass is 35.5. The number of nitrogens with zero attached hydrogens (tertiary/aromatic N) is 1. The third kappa shape index (κ3) is 6.37. The Balaban J connectivity index is 0.00000312. The summed E-state index contributed by atoms with van der Waals surface area (Å²) in [6, 6.07) is 4.25. The highest BCUT2D eigenvalue weighted by Crippen LogP contribution is 2.30. The van der Waals surface area contributed by atoms with E-state index in [0.29, 0.717) is 6.54 Å². The summed E-state index contributed by atoms with van der Waals surface area (Å²) in [6.07, 6.45) is -4.53. The molecule has 0 bridgehead atoms. The van der Waals surface area contributed by atoms with Crippen LogP contribution in [0.2, 0.25) is 0 Å². The Bertz CT molecular complexity index is 549. The van der Waals surface area contributed by atoms with Gasteiger partial charge in [0.25, 0.3) is 0 Å². The Morgan fingerprint density at radius 1 is 1.40 bits per heavy atom. The summed E-state index contributed by atoms with van der Waals surface area (Å²) >= 11 is 0. The summed E-state index contributed by atoms with van der Waals surface area (Å²) in [4.78, 5) is 13.6. The van der Waals surface area contributed by atoms with E-state index in [1.54, 1.807) is 7.05 Å². The molecule has 25 heavy (non-hydrogen) atoms. The van der Waals surface area contributed by atoms with Crippen LogP contribution in [0.3, 0.4) is 0 Å². The molecule has 9 heteroatoms. The quantitative estimate of drug-likeness (QED) is 0.789. The Morgan fingerprint density at radius 2 is 2.04 bits per heavy atom. The van der Waals surface area contributed by atoms with Crippen LogP contribution in [-0.2, 0) is 11.0 Å². The molecule has 0 spiro atoms. The number of hydrogen-bond acceptors (Lipinski definition) is 4. The fraction of sp³-hybridized carbons (Fsp3) is 0.562. The molecule has 2 N–H and O–H groups in total. The highest BCUT2D eigenvalue weighted by molar-refractivity contribution is 5.85. The molecule has 1 heterocycles. The molecular formula is C16H22ClF3N2O3. The van der Waals surface area contributed by atoms with Crippen LogP contribution >= 0.6 is 12.4 Å². The van der Waals surface area contributed by atoms with Gasteiger partial charge in [0.1, 0.15) is 18.5 Å². The van der Waals surface area contributed by atoms with E-state index >= 15 is 0 Å². The van der Waals surface area contributed by atoms with E-state index in [9.17, 15) is 23.1 Å². The lowest BCUT2D eigenvalue weighted by molar-refractivity contribution is -0.137. The van der Waals surface area contributed by atoms with Gasteiger partial charge in [-0.3, -0.25) is 4.79 Å². The number of aliphatic hydroxyl groups is 1. The molecule has 1 aromatic rings. The number of nitrogens with one attached hydrogen (secondary N) is 1. The molecule has 1 aromatic carbocycles. The van der Waals surface area contributed by atoms with Crippen molar-refractivity contribution in [1.29, 1.82) is 0 Å². The molecule has 1 aliphatic rings. The molecule has 5 nitrogen and oxygen atoms in total. The van der Waals surface area contributed by atoms with Gasteiger partial charge in [0, 0.05) is 20.1 Å². The van der Waals surface area contributed by atoms with E-state index in [-0.39, 0.29) is 43.1 Å². The molecule has 0 aliphatic carbocycles. The number of carbonyl (C=O) groups excluding carboxylic acids is 1. The van der Waals surface area contributed by atoms with Crippen LogP contribution in [0.1, 0.15) is 12.0 Å². The van der Waals surface area contributed by atoms with E-state index < -0.39 is 17.8 Å². The lowest BCUT2D eigenvalue weighted by Gasteiger charge is -2.23. The number of alkyl halides is 3. The van der Waals surface area contributed by atoms with Crippen LogP contribution in [0.5, 0.6) is 5.75 Å². The van der Waals surface area contributed by atoms with Crippen LogP contribution in [0.4, 0.5) is 13.2 Å². The minimum Gasteiger partial charge on any atom is -0.491 e. The number of amides is 1. The minimum atomic E-state index is -4.39. The van der Waals surface area contributed by atoms with Crippen molar-refractivity contribution in [2.24, 2.45) is 5.92 Å². The van der Waals surface area contributed by atoms with Crippen LogP contribution < -0.4 is 10.1 Å². The maximum absolute atomic E-state index is 12.5. The Hall–Kier alpha value is -1.51. The summed E-state index contributed by atoms with van der Waals surface area (Å²) in [5.41, 5.74) is -0.758. The Kier molecular flexibility index (Phi) is 7.98. The van der Waals surface area contributed by atoms with Gasteiger partial charge in [-0.2, -0.15) is 13.2 Å². The summed E-state index contributed by atoms with van der Waals surface area (Å²) in [6.45, 7) is 1.45. The summed E-state index contributed by atoms with van der Waals surface area (Å²) in [5, 5.41) is 13.1. The van der Waals surface area contributed by atoms with Crippen molar-refractivity contribution in [2.45, 2.75) is 18.7 Å². The third-order valence-electron chi connectivity index (χ3n) is 3.89. The van der Waals surface area contributed by atoms with E-state index in [4.69, 9.17) is 4.74 Å². The van der Waals surface area contributed by atoms with Crippen LogP contribution in [0.15, 0.2) is 24.3 Å². The first kappa shape index (κ1) is 21.5. The van der Waals surface area contributed by atoms with Crippen molar-refractivity contribution in [3.05, 3.63) is 29.8 Å². The van der Waals surface area contributed by atoms with Crippen LogP contribution in [-0.4, -0.2) is 55.3 Å². The number of aliphatic hydroxyl groups excluding tert-OH is 1. The molecule has 0 aromatic heterocycles. The molecule has 0 saturated carbocycles. The van der Waals surface area contributed by atoms with Gasteiger partial charge in [0.2, 0.25) is 5.91 Å². The van der Waals surface area contributed by atoms with Gasteiger partial charge in [0.05, 0.1) is 11.5 Å². The zero-order valence-electron chi connectivity index (χ0n) is 13.8. The van der Waals surface area contributed by atoms with Crippen molar-refractivity contribution in [2.75, 3.05) is 33.3 Å². The van der Waals surface area contributed by atoms with Gasteiger partial charge in [0.15, 0.2) is 0 Å². The highest BCUT2D eigenvalue weighted by Gasteiger charge is 2.30. The molecule has 0 radical (unpaired) electrons. The Morgan fingerprint density at radius 3 is 2.56 bits per heavy atom. The monoisotopic (exact) mass is 382 g/mol. The largest absolute Gasteiger partial charge is 0.491 e. The zero-order chi connectivity index (χ0) is 17.7. The SMILES string of the molecule is CN(CC(O)COc1ccc(C(F)(F)F)cc1)C(=O)C1CCNC1.Cl. The molecule has 1 amide bonds. The zero-order valence-corrected chi connectivity index (χ0v) is 14.6. The number of halogens is 4. The van der Waals surface area contributed by atoms with Crippen molar-refractivity contribution < 1.29 is 27.8 Å². The van der Waals surface area contributed by atoms with Crippen molar-refractivity contribution in [1.82, 2.24) is 10.2 Å². The molecule has 1 fully saturated rings. The number of ether oxygens (including phenoxy) is 1. The first-order valence-corrected chi connectivity index (χ1v) is 7.71. The standard InChI is InChI=1S/C16H21F3N2O3.ClH/c1-21(15(23)11-6-7-20-8-11)9-13(22)10-24-14-4-2-12(3-5-14)16(17,18)19;/h2-5,11,13,20,22H,6-10H2,1H3;1H. The normalized spacial score (nSPS) is 18.4. The third-order valence-corrected chi connectivity index (χ3v) is 3.89. The predicted molar refractivity (Wildman–Crippen MR) is 88.8 cm³/mol. The fourth-order valence-corrected chi connectivity index (χ4v) is 2.57. The van der Waals surface area contributed by atoms with Gasteiger partial charge in [-0.1, -0.05) is 0 Å². The van der Waals surface area contributed by atoms with Gasteiger partial charge >= 0.3 is 6.18 Å². The summed E-state index contributed by atoms with van der Waals surface area (Å²) < 4.78 is 42.6. The first-order chi connectivity index (χ1) is 11.3. The number of hydrogen-bond donors (Lipinski definition) is 2. The van der Waals surface area contributed by atoms with Crippen molar-refractivity contribution >= 4 is 18.3 Å². The molecule has 1 saturated heterocycles. The molecular weight excluding hydrogens is 361 g/mol. The second kappa shape index (κ2) is 9.26. The Labute approximate surface area is 150 Å². The molecule has 1 aliphatic heterocycles. The van der Waals surface area contributed by atoms with E-state index in [1.165, 1.54) is 17.0 Å². The van der Waals surface area contributed by atoms with E-state index in [0.717, 1.165) is 25.1 Å². The molecule has 142 valence electrons. The lowest BCUT2D eigenvalue weighted by atomic mass is 10.1. The second-order valence-electron chi connectivity index (χ2n) is 5.90. The van der Waals surface area contributed by atoms with Gasteiger partial charge < -0.3 is 20.1 Å². The molecule has 2 unspecified atom stereocenters. The summed E-state index contributed by atoms with van der Waals surface area (Å²) in [5.74, 6) is 0.127. The number of likely N-dealkylation sites (N-methyl/N-ethyl adjacent to an activating group) is 1. The maximum Gasteiger partial charge on any atom is 0.416 e. The van der Waals surface area contributed by atoms with Gasteiger partial charge in [-0.05, 0) is 37.2 Å². The van der Waals surface area contributed by atoms with E-state index in [2.05, 4.69) is 5.32 Å². The fourth-order valence-electron chi connectivity index (χ4n) is 2.57. The number of carbonyl (C=O) groups is 1. The first-order valence-electron chi connectivity index (χ1n) is 7.71. The maximum atomic E-state index is 12.5. The van der Waals surface area contributed by atoms with Crippen molar-refractivity contribution in [3.63, 3.8) is 0 Å². The van der Waals surface area contributed by atoms with Gasteiger partial charge in [-0.15, -0.1) is 12.4 Å². The smallest absolute Gasteiger partial charge is 0.416 e. The molecule has 2 atom stereocenters. The van der Waals surface area contributed by atoms with E-state index in [1.807, 2.05) is 0 Å². The molecule has 2 rings (SSSR count). The van der Waals surface area contributed by atoms with Crippen LogP contribution in [0.25, 0.3) is 0 Å². The van der Waals surface area contributed by atoms with Crippen molar-refractivity contribution in [3.8, 4) is 5.75 Å². The topological polar surface area (TPSA) is 61.8 Å². The number of rotatable bonds is 6. The second-order valence-corrected chi connectivity index (χ2v) is 5.90. The predicted octanol–water partition coefficient (Wildman–Crippen LogP) is 1.93. The average Bonchev–Trinajstić information content (AvgIpc) is 3.06. The lowest BCUT2D eigenvalue weighted by Crippen LogP contribution is -2.40. The minimum absolute atomic E-state index is 0. The summed E-state index contributed by atoms with van der Waals surface area (Å²) in [7, 11) is 1.61. The van der Waals surface area contributed by atoms with Crippen LogP contribution in [0, 0.1) is 5.92 Å². The van der Waals surface area contributed by atoms with Gasteiger partial charge in [-0.25, -0.2) is 0 Å².